The lowest BCUT2D eigenvalue weighted by molar-refractivity contribution is -0.157. The molecule has 8 heteroatoms. The van der Waals surface area contributed by atoms with E-state index in [0.717, 1.165) is 0 Å². The van der Waals surface area contributed by atoms with Gasteiger partial charge >= 0.3 is 5.97 Å². The summed E-state index contributed by atoms with van der Waals surface area (Å²) in [4.78, 5) is 12.3. The lowest BCUT2D eigenvalue weighted by Gasteiger charge is -2.41. The number of sulfonamides is 1. The zero-order valence-electron chi connectivity index (χ0n) is 15.5. The number of hydrogen-bond acceptors (Lipinski definition) is 6. The molecule has 0 amide bonds. The molecule has 1 aromatic carbocycles. The predicted octanol–water partition coefficient (Wildman–Crippen LogP) is 1.65. The van der Waals surface area contributed by atoms with Gasteiger partial charge in [0.15, 0.2) is 0 Å². The summed E-state index contributed by atoms with van der Waals surface area (Å²) >= 11 is 0. The van der Waals surface area contributed by atoms with Crippen LogP contribution in [-0.2, 0) is 24.3 Å². The largest absolute Gasteiger partial charge is 0.497 e. The number of benzene rings is 1. The molecule has 0 radical (unpaired) electrons. The molecule has 1 aromatic rings. The van der Waals surface area contributed by atoms with Crippen LogP contribution in [0.2, 0.25) is 0 Å². The first kappa shape index (κ1) is 19.7. The normalized spacial score (nSPS) is 21.0. The summed E-state index contributed by atoms with van der Waals surface area (Å²) in [6.45, 7) is 7.00. The van der Waals surface area contributed by atoms with Crippen molar-refractivity contribution in [2.45, 2.75) is 44.2 Å². The van der Waals surface area contributed by atoms with Gasteiger partial charge in [-0.05, 0) is 51.0 Å². The molecular weight excluding hydrogens is 346 g/mol. The van der Waals surface area contributed by atoms with Gasteiger partial charge in [-0.15, -0.1) is 0 Å². The molecule has 0 spiro atoms. The number of morpholine rings is 1. The smallest absolute Gasteiger partial charge is 0.326 e. The number of ether oxygens (including phenoxy) is 3. The van der Waals surface area contributed by atoms with E-state index in [0.29, 0.717) is 16.9 Å². The molecule has 0 saturated carbocycles. The van der Waals surface area contributed by atoms with Crippen LogP contribution in [0.1, 0.15) is 25.0 Å². The Morgan fingerprint density at radius 3 is 2.28 bits per heavy atom. The van der Waals surface area contributed by atoms with Crippen molar-refractivity contribution in [2.75, 3.05) is 27.4 Å². The van der Waals surface area contributed by atoms with Crippen molar-refractivity contribution >= 4 is 16.0 Å². The maximum atomic E-state index is 13.4. The van der Waals surface area contributed by atoms with Gasteiger partial charge in [-0.2, -0.15) is 4.31 Å². The summed E-state index contributed by atoms with van der Waals surface area (Å²) in [6, 6.07) is 2.32. The zero-order chi connectivity index (χ0) is 19.0. The summed E-state index contributed by atoms with van der Waals surface area (Å²) in [6.07, 6.45) is 0. The number of nitrogens with zero attached hydrogens (tertiary/aromatic N) is 1. The highest BCUT2D eigenvalue weighted by atomic mass is 32.2. The highest BCUT2D eigenvalue weighted by Crippen LogP contribution is 2.32. The molecule has 1 fully saturated rings. The summed E-state index contributed by atoms with van der Waals surface area (Å²) in [5, 5.41) is 0. The number of aryl methyl sites for hydroxylation is 2. The monoisotopic (exact) mass is 371 g/mol. The van der Waals surface area contributed by atoms with E-state index in [4.69, 9.17) is 14.2 Å². The Labute approximate surface area is 148 Å². The first-order chi connectivity index (χ1) is 11.5. The van der Waals surface area contributed by atoms with Crippen molar-refractivity contribution in [1.82, 2.24) is 4.31 Å². The average molecular weight is 371 g/mol. The summed E-state index contributed by atoms with van der Waals surface area (Å²) in [7, 11) is -1.17. The van der Waals surface area contributed by atoms with Gasteiger partial charge < -0.3 is 14.2 Å². The van der Waals surface area contributed by atoms with E-state index in [1.54, 1.807) is 39.8 Å². The molecule has 1 aliphatic rings. The Kier molecular flexibility index (Phi) is 5.46. The van der Waals surface area contributed by atoms with Gasteiger partial charge in [0.2, 0.25) is 10.0 Å². The van der Waals surface area contributed by atoms with Gasteiger partial charge in [0, 0.05) is 6.54 Å². The minimum atomic E-state index is -3.93. The number of carbonyl (C=O) groups excluding carboxylic acids is 1. The summed E-state index contributed by atoms with van der Waals surface area (Å²) in [5.41, 5.74) is 0.417. The fraction of sp³-hybridized carbons (Fsp3) is 0.588. The highest BCUT2D eigenvalue weighted by Gasteiger charge is 2.45. The van der Waals surface area contributed by atoms with Crippen molar-refractivity contribution in [3.05, 3.63) is 23.3 Å². The van der Waals surface area contributed by atoms with Crippen molar-refractivity contribution in [3.8, 4) is 5.75 Å². The van der Waals surface area contributed by atoms with Crippen LogP contribution in [0.15, 0.2) is 17.0 Å². The van der Waals surface area contributed by atoms with E-state index < -0.39 is 27.6 Å². The van der Waals surface area contributed by atoms with E-state index in [1.807, 2.05) is 0 Å². The minimum Gasteiger partial charge on any atom is -0.497 e. The molecular formula is C17H25NO6S. The van der Waals surface area contributed by atoms with Gasteiger partial charge in [-0.25, -0.2) is 8.42 Å². The Bertz CT molecular complexity index is 748. The lowest BCUT2D eigenvalue weighted by atomic mass is 10.1. The third-order valence-corrected chi connectivity index (χ3v) is 6.39. The number of carbonyl (C=O) groups is 1. The quantitative estimate of drug-likeness (QED) is 0.749. The molecule has 1 atom stereocenters. The second kappa shape index (κ2) is 6.93. The standard InChI is InChI=1S/C17H25NO6S/c1-11-7-13(22-5)8-12(2)15(11)25(20,21)18-10-17(3,4)24-9-14(18)16(19)23-6/h7-8,14H,9-10H2,1-6H3. The second-order valence-electron chi connectivity index (χ2n) is 6.75. The van der Waals surface area contributed by atoms with Gasteiger partial charge in [-0.3, -0.25) is 4.79 Å². The van der Waals surface area contributed by atoms with Gasteiger partial charge in [0.25, 0.3) is 0 Å². The van der Waals surface area contributed by atoms with Crippen LogP contribution in [0.3, 0.4) is 0 Å². The first-order valence-corrected chi connectivity index (χ1v) is 9.36. The van der Waals surface area contributed by atoms with Crippen molar-refractivity contribution in [3.63, 3.8) is 0 Å². The van der Waals surface area contributed by atoms with Crippen LogP contribution in [0.25, 0.3) is 0 Å². The molecule has 1 heterocycles. The molecule has 140 valence electrons. The van der Waals surface area contributed by atoms with Crippen molar-refractivity contribution in [1.29, 1.82) is 0 Å². The lowest BCUT2D eigenvalue weighted by Crippen LogP contribution is -2.59. The van der Waals surface area contributed by atoms with Crippen LogP contribution in [-0.4, -0.2) is 57.7 Å². The van der Waals surface area contributed by atoms with E-state index >= 15 is 0 Å². The van der Waals surface area contributed by atoms with Crippen LogP contribution in [0, 0.1) is 13.8 Å². The van der Waals surface area contributed by atoms with Crippen molar-refractivity contribution < 1.29 is 27.4 Å². The Morgan fingerprint density at radius 2 is 1.80 bits per heavy atom. The molecule has 2 rings (SSSR count). The number of esters is 1. The third-order valence-electron chi connectivity index (χ3n) is 4.23. The van der Waals surface area contributed by atoms with E-state index in [2.05, 4.69) is 0 Å². The molecule has 0 aliphatic carbocycles. The average Bonchev–Trinajstić information content (AvgIpc) is 2.52. The van der Waals surface area contributed by atoms with Crippen LogP contribution >= 0.6 is 0 Å². The Morgan fingerprint density at radius 1 is 1.24 bits per heavy atom. The first-order valence-electron chi connectivity index (χ1n) is 7.92. The maximum Gasteiger partial charge on any atom is 0.326 e. The summed E-state index contributed by atoms with van der Waals surface area (Å²) in [5.74, 6) is -0.0522. The predicted molar refractivity (Wildman–Crippen MR) is 92.2 cm³/mol. The fourth-order valence-electron chi connectivity index (χ4n) is 3.05. The van der Waals surface area contributed by atoms with Crippen LogP contribution in [0.4, 0.5) is 0 Å². The molecule has 7 nitrogen and oxygen atoms in total. The summed E-state index contributed by atoms with van der Waals surface area (Å²) < 4.78 is 43.5. The number of methoxy groups -OCH3 is 2. The molecule has 0 bridgehead atoms. The van der Waals surface area contributed by atoms with Crippen LogP contribution < -0.4 is 4.74 Å². The van der Waals surface area contributed by atoms with Crippen LogP contribution in [0.5, 0.6) is 5.75 Å². The number of rotatable bonds is 4. The van der Waals surface area contributed by atoms with Gasteiger partial charge in [-0.1, -0.05) is 0 Å². The number of hydrogen-bond donors (Lipinski definition) is 0. The molecule has 1 unspecified atom stereocenters. The van der Waals surface area contributed by atoms with E-state index in [1.165, 1.54) is 18.5 Å². The molecule has 0 aromatic heterocycles. The minimum absolute atomic E-state index is 0.0485. The van der Waals surface area contributed by atoms with E-state index in [-0.39, 0.29) is 18.0 Å². The molecule has 0 N–H and O–H groups in total. The van der Waals surface area contributed by atoms with Crippen molar-refractivity contribution in [2.24, 2.45) is 0 Å². The highest BCUT2D eigenvalue weighted by molar-refractivity contribution is 7.89. The van der Waals surface area contributed by atoms with Gasteiger partial charge in [0.1, 0.15) is 11.8 Å². The topological polar surface area (TPSA) is 82.1 Å². The third kappa shape index (κ3) is 3.80. The Balaban J connectivity index is 2.57. The second-order valence-corrected chi connectivity index (χ2v) is 8.58. The van der Waals surface area contributed by atoms with Gasteiger partial charge in [0.05, 0.1) is 31.3 Å². The zero-order valence-corrected chi connectivity index (χ0v) is 16.3. The molecule has 1 aliphatic heterocycles. The SMILES string of the molecule is COC(=O)C1COC(C)(C)CN1S(=O)(=O)c1c(C)cc(OC)cc1C. The van der Waals surface area contributed by atoms with E-state index in [9.17, 15) is 13.2 Å². The maximum absolute atomic E-state index is 13.4. The fourth-order valence-corrected chi connectivity index (χ4v) is 5.17. The Hall–Kier alpha value is -1.64. The molecule has 25 heavy (non-hydrogen) atoms. The molecule has 1 saturated heterocycles.